The molecule has 6 nitrogen and oxygen atoms in total. The fourth-order valence-electron chi connectivity index (χ4n) is 2.80. The number of aliphatic carboxylic acids is 1. The van der Waals surface area contributed by atoms with Crippen LogP contribution in [0.2, 0.25) is 0 Å². The van der Waals surface area contributed by atoms with Gasteiger partial charge in [-0.05, 0) is 24.5 Å². The van der Waals surface area contributed by atoms with E-state index in [0.717, 1.165) is 0 Å². The van der Waals surface area contributed by atoms with Gasteiger partial charge in [0.2, 0.25) is 0 Å². The van der Waals surface area contributed by atoms with Gasteiger partial charge in [0.1, 0.15) is 0 Å². The fraction of sp³-hybridized carbons (Fsp3) is 0.400. The molecule has 1 N–H and O–H groups in total. The summed E-state index contributed by atoms with van der Waals surface area (Å²) in [7, 11) is 1.59. The maximum Gasteiger partial charge on any atom is 0.316 e. The van der Waals surface area contributed by atoms with Crippen molar-refractivity contribution < 1.29 is 19.5 Å². The Morgan fingerprint density at radius 3 is 2.43 bits per heavy atom. The first-order valence-electron chi connectivity index (χ1n) is 6.87. The minimum Gasteiger partial charge on any atom is -0.481 e. The summed E-state index contributed by atoms with van der Waals surface area (Å²) in [4.78, 5) is 38.4. The van der Waals surface area contributed by atoms with Crippen molar-refractivity contribution in [2.24, 2.45) is 0 Å². The molecule has 0 spiro atoms. The molecule has 1 aliphatic carbocycles. The third-order valence-electron chi connectivity index (χ3n) is 4.30. The van der Waals surface area contributed by atoms with Crippen LogP contribution in [-0.2, 0) is 19.8 Å². The van der Waals surface area contributed by atoms with Crippen LogP contribution in [0.5, 0.6) is 0 Å². The molecule has 21 heavy (non-hydrogen) atoms. The van der Waals surface area contributed by atoms with E-state index < -0.39 is 23.2 Å². The lowest BCUT2D eigenvalue weighted by molar-refractivity contribution is -0.145. The van der Waals surface area contributed by atoms with Crippen molar-refractivity contribution in [2.75, 3.05) is 25.0 Å². The van der Waals surface area contributed by atoms with Crippen molar-refractivity contribution in [3.8, 4) is 0 Å². The summed E-state index contributed by atoms with van der Waals surface area (Å²) in [5.41, 5.74) is 0.274. The first-order chi connectivity index (χ1) is 9.97. The second-order valence-corrected chi connectivity index (χ2v) is 5.59. The largest absolute Gasteiger partial charge is 0.481 e. The standard InChI is InChI=1S/C15H16N2O4/c1-16-8-9-17(13(19)12(16)18)11-5-3-2-4-10(11)15(6-7-15)14(20)21/h2-5H,6-9H2,1H3,(H,20,21). The van der Waals surface area contributed by atoms with Gasteiger partial charge >= 0.3 is 17.8 Å². The van der Waals surface area contributed by atoms with Gasteiger partial charge in [0, 0.05) is 25.8 Å². The van der Waals surface area contributed by atoms with E-state index in [1.54, 1.807) is 31.3 Å². The van der Waals surface area contributed by atoms with E-state index in [-0.39, 0.29) is 0 Å². The van der Waals surface area contributed by atoms with Gasteiger partial charge in [-0.2, -0.15) is 0 Å². The zero-order chi connectivity index (χ0) is 15.2. The molecule has 2 aliphatic rings. The van der Waals surface area contributed by atoms with Crippen LogP contribution in [0, 0.1) is 0 Å². The molecule has 110 valence electrons. The molecule has 3 rings (SSSR count). The summed E-state index contributed by atoms with van der Waals surface area (Å²) in [6.45, 7) is 0.826. The van der Waals surface area contributed by atoms with Gasteiger partial charge in [-0.3, -0.25) is 14.4 Å². The van der Waals surface area contributed by atoms with Crippen molar-refractivity contribution in [3.63, 3.8) is 0 Å². The minimum absolute atomic E-state index is 0.383. The maximum atomic E-state index is 12.2. The molecular weight excluding hydrogens is 272 g/mol. The summed E-state index contributed by atoms with van der Waals surface area (Å²) < 4.78 is 0. The molecule has 1 heterocycles. The van der Waals surface area contributed by atoms with Gasteiger partial charge in [0.05, 0.1) is 5.41 Å². The topological polar surface area (TPSA) is 77.9 Å². The number of carboxylic acids is 1. The SMILES string of the molecule is CN1CCN(c2ccccc2C2(C(=O)O)CC2)C(=O)C1=O. The Labute approximate surface area is 122 Å². The van der Waals surface area contributed by atoms with Crippen molar-refractivity contribution in [2.45, 2.75) is 18.3 Å². The Balaban J connectivity index is 2.03. The number of amides is 2. The molecule has 0 radical (unpaired) electrons. The van der Waals surface area contributed by atoms with E-state index in [0.29, 0.717) is 37.2 Å². The van der Waals surface area contributed by atoms with Crippen molar-refractivity contribution in [1.29, 1.82) is 0 Å². The molecule has 0 bridgehead atoms. The molecule has 6 heteroatoms. The number of hydrogen-bond donors (Lipinski definition) is 1. The van der Waals surface area contributed by atoms with Crippen molar-refractivity contribution in [3.05, 3.63) is 29.8 Å². The normalized spacial score (nSPS) is 20.6. The lowest BCUT2D eigenvalue weighted by Crippen LogP contribution is -2.53. The van der Waals surface area contributed by atoms with Gasteiger partial charge in [-0.1, -0.05) is 18.2 Å². The lowest BCUT2D eigenvalue weighted by atomic mass is 9.93. The highest BCUT2D eigenvalue weighted by Crippen LogP contribution is 2.51. The van der Waals surface area contributed by atoms with Crippen LogP contribution in [0.3, 0.4) is 0 Å². The van der Waals surface area contributed by atoms with E-state index in [4.69, 9.17) is 0 Å². The van der Waals surface area contributed by atoms with Crippen LogP contribution in [0.15, 0.2) is 24.3 Å². The number of piperazine rings is 1. The third-order valence-corrected chi connectivity index (χ3v) is 4.30. The molecule has 0 atom stereocenters. The van der Waals surface area contributed by atoms with Crippen LogP contribution in [0.4, 0.5) is 5.69 Å². The van der Waals surface area contributed by atoms with E-state index in [2.05, 4.69) is 0 Å². The molecule has 1 aromatic rings. The van der Waals surface area contributed by atoms with Crippen molar-refractivity contribution >= 4 is 23.5 Å². The van der Waals surface area contributed by atoms with Crippen LogP contribution < -0.4 is 4.90 Å². The number of benzene rings is 1. The summed E-state index contributed by atoms with van der Waals surface area (Å²) in [5.74, 6) is -2.03. The van der Waals surface area contributed by atoms with Crippen LogP contribution in [-0.4, -0.2) is 47.9 Å². The monoisotopic (exact) mass is 288 g/mol. The summed E-state index contributed by atoms with van der Waals surface area (Å²) in [6, 6.07) is 6.98. The van der Waals surface area contributed by atoms with Gasteiger partial charge in [0.15, 0.2) is 0 Å². The number of rotatable bonds is 3. The molecule has 0 aromatic heterocycles. The zero-order valence-electron chi connectivity index (χ0n) is 11.7. The number of carbonyl (C=O) groups is 3. The number of nitrogens with zero attached hydrogens (tertiary/aromatic N) is 2. The quantitative estimate of drug-likeness (QED) is 0.827. The molecule has 1 saturated carbocycles. The highest BCUT2D eigenvalue weighted by Gasteiger charge is 2.53. The number of hydrogen-bond acceptors (Lipinski definition) is 3. The van der Waals surface area contributed by atoms with Gasteiger partial charge in [-0.25, -0.2) is 0 Å². The van der Waals surface area contributed by atoms with Crippen molar-refractivity contribution in [1.82, 2.24) is 4.90 Å². The number of likely N-dealkylation sites (N-methyl/N-ethyl adjacent to an activating group) is 1. The predicted molar refractivity (Wildman–Crippen MR) is 75.0 cm³/mol. The van der Waals surface area contributed by atoms with Gasteiger partial charge in [0.25, 0.3) is 0 Å². The molecule has 0 unspecified atom stereocenters. The highest BCUT2D eigenvalue weighted by molar-refractivity contribution is 6.41. The fourth-order valence-corrected chi connectivity index (χ4v) is 2.80. The molecule has 2 fully saturated rings. The van der Waals surface area contributed by atoms with Crippen LogP contribution in [0.25, 0.3) is 0 Å². The Bertz CT molecular complexity index is 636. The molecule has 1 aromatic carbocycles. The minimum atomic E-state index is -0.900. The third kappa shape index (κ3) is 1.98. The Hall–Kier alpha value is -2.37. The van der Waals surface area contributed by atoms with E-state index in [1.165, 1.54) is 9.80 Å². The smallest absolute Gasteiger partial charge is 0.316 e. The molecule has 1 saturated heterocycles. The Morgan fingerprint density at radius 1 is 1.14 bits per heavy atom. The second-order valence-electron chi connectivity index (χ2n) is 5.59. The van der Waals surface area contributed by atoms with Crippen LogP contribution in [0.1, 0.15) is 18.4 Å². The molecule has 1 aliphatic heterocycles. The Morgan fingerprint density at radius 2 is 1.81 bits per heavy atom. The van der Waals surface area contributed by atoms with Gasteiger partial charge in [-0.15, -0.1) is 0 Å². The second kappa shape index (κ2) is 4.58. The summed E-state index contributed by atoms with van der Waals surface area (Å²) >= 11 is 0. The maximum absolute atomic E-state index is 12.2. The first-order valence-corrected chi connectivity index (χ1v) is 6.87. The molecular formula is C15H16N2O4. The van der Waals surface area contributed by atoms with Crippen LogP contribution >= 0.6 is 0 Å². The average Bonchev–Trinajstić information content (AvgIpc) is 3.27. The van der Waals surface area contributed by atoms with E-state index in [1.807, 2.05) is 0 Å². The molecule has 2 amide bonds. The zero-order valence-corrected chi connectivity index (χ0v) is 11.7. The number of carboxylic acid groups (broad SMARTS) is 1. The van der Waals surface area contributed by atoms with E-state index >= 15 is 0 Å². The summed E-state index contributed by atoms with van der Waals surface area (Å²) in [6.07, 6.45) is 1.13. The lowest BCUT2D eigenvalue weighted by Gasteiger charge is -2.33. The number of carbonyl (C=O) groups excluding carboxylic acids is 2. The average molecular weight is 288 g/mol. The number of anilines is 1. The first kappa shape index (κ1) is 13.6. The van der Waals surface area contributed by atoms with E-state index in [9.17, 15) is 19.5 Å². The number of para-hydroxylation sites is 1. The Kier molecular flexibility index (Phi) is 2.97. The summed E-state index contributed by atoms with van der Waals surface area (Å²) in [5, 5.41) is 9.46. The van der Waals surface area contributed by atoms with Gasteiger partial charge < -0.3 is 14.9 Å². The highest BCUT2D eigenvalue weighted by atomic mass is 16.4. The predicted octanol–water partition coefficient (Wildman–Crippen LogP) is 0.608.